The Labute approximate surface area is 242 Å². The zero-order valence-corrected chi connectivity index (χ0v) is 24.6. The molecule has 6 nitrogen and oxygen atoms in total. The number of amides is 1. The van der Waals surface area contributed by atoms with E-state index in [0.717, 1.165) is 86.1 Å². The highest BCUT2D eigenvalue weighted by Crippen LogP contribution is 2.33. The number of benzene rings is 2. The summed E-state index contributed by atoms with van der Waals surface area (Å²) in [6.07, 6.45) is 1.90. The summed E-state index contributed by atoms with van der Waals surface area (Å²) in [5.41, 5.74) is 4.88. The molecule has 0 atom stereocenters. The first-order valence-electron chi connectivity index (χ1n) is 13.0. The molecular formula is C29H37Cl3N4O2. The van der Waals surface area contributed by atoms with Gasteiger partial charge in [-0.05, 0) is 74.3 Å². The SMILES string of the molecule is CCCn1c(-c2ccc(OC)cc2)cc(C(=O)NCCCN2CCN(c3cccc(Cl)c3Cl)CC2)c1C.Cl. The second-order valence-corrected chi connectivity index (χ2v) is 10.2. The van der Waals surface area contributed by atoms with Crippen molar-refractivity contribution in [3.05, 3.63) is 69.8 Å². The van der Waals surface area contributed by atoms with Crippen molar-refractivity contribution in [3.63, 3.8) is 0 Å². The molecule has 1 aromatic heterocycles. The summed E-state index contributed by atoms with van der Waals surface area (Å²) in [4.78, 5) is 17.8. The maximum absolute atomic E-state index is 13.1. The highest BCUT2D eigenvalue weighted by Gasteiger charge is 2.21. The fourth-order valence-corrected chi connectivity index (χ4v) is 5.35. The number of carbonyl (C=O) groups is 1. The van der Waals surface area contributed by atoms with Crippen molar-refractivity contribution in [2.45, 2.75) is 33.2 Å². The van der Waals surface area contributed by atoms with Gasteiger partial charge in [0.15, 0.2) is 0 Å². The predicted molar refractivity (Wildman–Crippen MR) is 161 cm³/mol. The number of nitrogens with one attached hydrogen (secondary N) is 1. The third-order valence-corrected chi connectivity index (χ3v) is 7.83. The average Bonchev–Trinajstić information content (AvgIpc) is 3.24. The van der Waals surface area contributed by atoms with Crippen LogP contribution in [-0.4, -0.2) is 61.8 Å². The Bertz CT molecular complexity index is 1210. The van der Waals surface area contributed by atoms with Gasteiger partial charge in [-0.15, -0.1) is 12.4 Å². The molecule has 0 radical (unpaired) electrons. The molecule has 3 aromatic rings. The highest BCUT2D eigenvalue weighted by molar-refractivity contribution is 6.43. The standard InChI is InChI=1S/C29H36Cl2N4O2.ClH/c1-4-14-35-21(2)24(20-27(35)22-9-11-23(37-3)12-10-22)29(36)32-13-6-15-33-16-18-34(19-17-33)26-8-5-7-25(30)28(26)31;/h5,7-12,20H,4,6,13-19H2,1-3H3,(H,32,36);1H. The predicted octanol–water partition coefficient (Wildman–Crippen LogP) is 6.55. The summed E-state index contributed by atoms with van der Waals surface area (Å²) < 4.78 is 7.53. The second-order valence-electron chi connectivity index (χ2n) is 9.42. The first-order chi connectivity index (χ1) is 17.9. The average molecular weight is 580 g/mol. The Morgan fingerprint density at radius 1 is 1.03 bits per heavy atom. The fraction of sp³-hybridized carbons (Fsp3) is 0.414. The number of halogens is 3. The van der Waals surface area contributed by atoms with Crippen LogP contribution in [0.4, 0.5) is 5.69 Å². The number of anilines is 1. The zero-order chi connectivity index (χ0) is 26.4. The molecule has 1 N–H and O–H groups in total. The number of piperazine rings is 1. The van der Waals surface area contributed by atoms with Gasteiger partial charge in [0.05, 0.1) is 28.4 Å². The summed E-state index contributed by atoms with van der Waals surface area (Å²) in [5, 5.41) is 4.35. The van der Waals surface area contributed by atoms with Crippen LogP contribution in [0, 0.1) is 6.92 Å². The minimum absolute atomic E-state index is 0. The Kier molecular flexibility index (Phi) is 11.2. The van der Waals surface area contributed by atoms with Crippen LogP contribution < -0.4 is 15.0 Å². The van der Waals surface area contributed by atoms with Crippen molar-refractivity contribution in [1.29, 1.82) is 0 Å². The Balaban J connectivity index is 0.00000400. The molecule has 1 aliphatic heterocycles. The number of aromatic nitrogens is 1. The van der Waals surface area contributed by atoms with E-state index in [0.29, 0.717) is 16.6 Å². The van der Waals surface area contributed by atoms with Crippen LogP contribution in [0.3, 0.4) is 0 Å². The van der Waals surface area contributed by atoms with Crippen LogP contribution in [-0.2, 0) is 6.54 Å². The summed E-state index contributed by atoms with van der Waals surface area (Å²) in [6.45, 7) is 10.4. The first kappa shape index (κ1) is 30.2. The summed E-state index contributed by atoms with van der Waals surface area (Å²) in [6, 6.07) is 15.8. The van der Waals surface area contributed by atoms with E-state index in [1.165, 1.54) is 0 Å². The van der Waals surface area contributed by atoms with E-state index in [2.05, 4.69) is 26.6 Å². The molecule has 1 fully saturated rings. The Morgan fingerprint density at radius 3 is 2.39 bits per heavy atom. The van der Waals surface area contributed by atoms with Gasteiger partial charge in [0.25, 0.3) is 5.91 Å². The van der Waals surface area contributed by atoms with Crippen molar-refractivity contribution in [2.24, 2.45) is 0 Å². The van der Waals surface area contributed by atoms with Crippen LogP contribution in [0.15, 0.2) is 48.5 Å². The van der Waals surface area contributed by atoms with E-state index in [1.807, 2.05) is 55.5 Å². The molecule has 1 amide bonds. The number of carbonyl (C=O) groups excluding carboxylic acids is 1. The monoisotopic (exact) mass is 578 g/mol. The van der Waals surface area contributed by atoms with Crippen LogP contribution in [0.5, 0.6) is 5.75 Å². The molecule has 1 saturated heterocycles. The molecule has 206 valence electrons. The van der Waals surface area contributed by atoms with Crippen LogP contribution in [0.1, 0.15) is 35.8 Å². The van der Waals surface area contributed by atoms with Crippen LogP contribution in [0.2, 0.25) is 10.0 Å². The van der Waals surface area contributed by atoms with Gasteiger partial charge >= 0.3 is 0 Å². The molecule has 2 heterocycles. The van der Waals surface area contributed by atoms with Gasteiger partial charge in [-0.3, -0.25) is 9.69 Å². The van der Waals surface area contributed by atoms with Crippen molar-refractivity contribution >= 4 is 47.2 Å². The Hall–Kier alpha value is -2.38. The van der Waals surface area contributed by atoms with E-state index < -0.39 is 0 Å². The normalized spacial score (nSPS) is 13.8. The van der Waals surface area contributed by atoms with Gasteiger partial charge in [0.2, 0.25) is 0 Å². The minimum Gasteiger partial charge on any atom is -0.497 e. The third-order valence-electron chi connectivity index (χ3n) is 7.03. The van der Waals surface area contributed by atoms with Gasteiger partial charge in [-0.2, -0.15) is 0 Å². The lowest BCUT2D eigenvalue weighted by Gasteiger charge is -2.36. The van der Waals surface area contributed by atoms with E-state index in [-0.39, 0.29) is 18.3 Å². The lowest BCUT2D eigenvalue weighted by Crippen LogP contribution is -2.47. The van der Waals surface area contributed by atoms with E-state index in [4.69, 9.17) is 27.9 Å². The molecule has 1 aliphatic rings. The van der Waals surface area contributed by atoms with Gasteiger partial charge < -0.3 is 19.5 Å². The van der Waals surface area contributed by atoms with Gasteiger partial charge in [-0.1, -0.05) is 36.2 Å². The summed E-state index contributed by atoms with van der Waals surface area (Å²) in [7, 11) is 1.67. The second kappa shape index (κ2) is 14.1. The zero-order valence-electron chi connectivity index (χ0n) is 22.3. The molecule has 0 spiro atoms. The van der Waals surface area contributed by atoms with Crippen molar-refractivity contribution in [1.82, 2.24) is 14.8 Å². The molecule has 9 heteroatoms. The van der Waals surface area contributed by atoms with Crippen LogP contribution >= 0.6 is 35.6 Å². The molecule has 38 heavy (non-hydrogen) atoms. The van der Waals surface area contributed by atoms with Crippen molar-refractivity contribution in [3.8, 4) is 17.0 Å². The number of rotatable bonds is 10. The Morgan fingerprint density at radius 2 is 1.74 bits per heavy atom. The maximum atomic E-state index is 13.1. The maximum Gasteiger partial charge on any atom is 0.253 e. The molecular weight excluding hydrogens is 543 g/mol. The largest absolute Gasteiger partial charge is 0.497 e. The summed E-state index contributed by atoms with van der Waals surface area (Å²) >= 11 is 12.6. The van der Waals surface area contributed by atoms with Gasteiger partial charge in [-0.25, -0.2) is 0 Å². The quantitative estimate of drug-likeness (QED) is 0.277. The number of methoxy groups -OCH3 is 1. The van der Waals surface area contributed by atoms with E-state index in [9.17, 15) is 4.79 Å². The number of nitrogens with zero attached hydrogens (tertiary/aromatic N) is 3. The number of ether oxygens (including phenoxy) is 1. The number of hydrogen-bond acceptors (Lipinski definition) is 4. The molecule has 0 aliphatic carbocycles. The van der Waals surface area contributed by atoms with Gasteiger partial charge in [0, 0.05) is 50.7 Å². The molecule has 2 aromatic carbocycles. The highest BCUT2D eigenvalue weighted by atomic mass is 35.5. The third kappa shape index (κ3) is 6.97. The van der Waals surface area contributed by atoms with Gasteiger partial charge in [0.1, 0.15) is 5.75 Å². The lowest BCUT2D eigenvalue weighted by molar-refractivity contribution is 0.0950. The first-order valence-corrected chi connectivity index (χ1v) is 13.7. The summed E-state index contributed by atoms with van der Waals surface area (Å²) in [5.74, 6) is 0.809. The van der Waals surface area contributed by atoms with E-state index >= 15 is 0 Å². The van der Waals surface area contributed by atoms with E-state index in [1.54, 1.807) is 7.11 Å². The fourth-order valence-electron chi connectivity index (χ4n) is 4.94. The lowest BCUT2D eigenvalue weighted by atomic mass is 10.1. The van der Waals surface area contributed by atoms with Crippen molar-refractivity contribution in [2.75, 3.05) is 51.3 Å². The topological polar surface area (TPSA) is 49.7 Å². The molecule has 0 saturated carbocycles. The molecule has 0 bridgehead atoms. The smallest absolute Gasteiger partial charge is 0.253 e. The van der Waals surface area contributed by atoms with Crippen molar-refractivity contribution < 1.29 is 9.53 Å². The van der Waals surface area contributed by atoms with Crippen LogP contribution in [0.25, 0.3) is 11.3 Å². The molecule has 4 rings (SSSR count). The molecule has 0 unspecified atom stereocenters. The minimum atomic E-state index is -0.0115. The number of hydrogen-bond donors (Lipinski definition) is 1.